The molecule has 0 aromatic heterocycles. The second kappa shape index (κ2) is 17.6. The number of ketones is 2. The second-order valence-electron chi connectivity index (χ2n) is 10.9. The molecule has 4 nitrogen and oxygen atoms in total. The summed E-state index contributed by atoms with van der Waals surface area (Å²) in [7, 11) is 3.68. The zero-order chi connectivity index (χ0) is 34.5. The topological polar surface area (TPSA) is 58.2 Å². The molecule has 0 saturated heterocycles. The number of benzene rings is 4. The van der Waals surface area contributed by atoms with Crippen LogP contribution in [0.1, 0.15) is 63.9 Å². The van der Waals surface area contributed by atoms with Crippen LogP contribution in [-0.4, -0.2) is 38.8 Å². The Morgan fingerprint density at radius 1 is 0.511 bits per heavy atom. The van der Waals surface area contributed by atoms with Crippen LogP contribution in [0.2, 0.25) is 0 Å². The number of alkyl halides is 6. The molecule has 0 saturated carbocycles. The maximum Gasteiger partial charge on any atom is 0.416 e. The van der Waals surface area contributed by atoms with E-state index in [-0.39, 0.29) is 11.6 Å². The lowest BCUT2D eigenvalue weighted by atomic mass is 9.94. The summed E-state index contributed by atoms with van der Waals surface area (Å²) in [6.45, 7) is 1.60. The van der Waals surface area contributed by atoms with E-state index in [4.69, 9.17) is 0 Å². The molecule has 0 aliphatic rings. The van der Waals surface area contributed by atoms with E-state index >= 15 is 0 Å². The highest BCUT2D eigenvalue weighted by atomic mass is 19.4. The zero-order valence-corrected chi connectivity index (χ0v) is 26.3. The van der Waals surface area contributed by atoms with Gasteiger partial charge in [-0.15, -0.1) is 0 Å². The van der Waals surface area contributed by atoms with Gasteiger partial charge < -0.3 is 10.6 Å². The molecule has 4 aromatic carbocycles. The first-order chi connectivity index (χ1) is 22.4. The van der Waals surface area contributed by atoms with Crippen molar-refractivity contribution in [3.8, 4) is 22.3 Å². The lowest BCUT2D eigenvalue weighted by Gasteiger charge is -2.11. The predicted molar refractivity (Wildman–Crippen MR) is 173 cm³/mol. The van der Waals surface area contributed by atoms with Gasteiger partial charge in [0.1, 0.15) is 0 Å². The Kier molecular flexibility index (Phi) is 13.9. The lowest BCUT2D eigenvalue weighted by Crippen LogP contribution is -2.10. The quantitative estimate of drug-likeness (QED) is 0.0855. The molecule has 0 radical (unpaired) electrons. The van der Waals surface area contributed by atoms with Crippen molar-refractivity contribution >= 4 is 11.6 Å². The van der Waals surface area contributed by atoms with Crippen LogP contribution in [-0.2, 0) is 12.4 Å². The van der Waals surface area contributed by atoms with Crippen LogP contribution < -0.4 is 10.6 Å². The number of rotatable bonds is 13. The number of Topliss-reactive ketones (excluding diaryl/α,β-unsaturated/α-hetero) is 2. The smallest absolute Gasteiger partial charge is 0.320 e. The summed E-state index contributed by atoms with van der Waals surface area (Å²) in [6, 6.07) is 23.9. The predicted octanol–water partition coefficient (Wildman–Crippen LogP) is 9.50. The molecule has 47 heavy (non-hydrogen) atoms. The second-order valence-corrected chi connectivity index (χ2v) is 10.9. The van der Waals surface area contributed by atoms with Crippen molar-refractivity contribution in [3.63, 3.8) is 0 Å². The molecule has 4 rings (SSSR count). The molecule has 10 heteroatoms. The van der Waals surface area contributed by atoms with E-state index in [1.165, 1.54) is 24.3 Å². The van der Waals surface area contributed by atoms with Gasteiger partial charge in [0.05, 0.1) is 11.1 Å². The van der Waals surface area contributed by atoms with Crippen LogP contribution >= 0.6 is 0 Å². The summed E-state index contributed by atoms with van der Waals surface area (Å²) in [6.07, 6.45) is -5.48. The minimum atomic E-state index is -4.36. The number of nitrogens with one attached hydrogen (secondary N) is 2. The van der Waals surface area contributed by atoms with E-state index in [9.17, 15) is 35.9 Å². The molecule has 0 spiro atoms. The average Bonchev–Trinajstić information content (AvgIpc) is 3.06. The summed E-state index contributed by atoms with van der Waals surface area (Å²) >= 11 is 0. The third-order valence-corrected chi connectivity index (χ3v) is 7.41. The molecular formula is C37H38F6N2O2. The highest BCUT2D eigenvalue weighted by Gasteiger charge is 2.31. The van der Waals surface area contributed by atoms with Crippen molar-refractivity contribution in [1.29, 1.82) is 0 Å². The summed E-state index contributed by atoms with van der Waals surface area (Å²) in [5.41, 5.74) is 2.27. The van der Waals surface area contributed by atoms with Crippen molar-refractivity contribution in [2.24, 2.45) is 0 Å². The maximum absolute atomic E-state index is 12.7. The molecular weight excluding hydrogens is 618 g/mol. The maximum atomic E-state index is 12.7. The number of halogens is 6. The minimum absolute atomic E-state index is 0.00394. The fourth-order valence-electron chi connectivity index (χ4n) is 4.92. The molecule has 0 aliphatic heterocycles. The number of hydrogen-bond acceptors (Lipinski definition) is 4. The van der Waals surface area contributed by atoms with Crippen LogP contribution in [0.4, 0.5) is 26.3 Å². The molecule has 0 atom stereocenters. The van der Waals surface area contributed by atoms with Crippen LogP contribution in [0.5, 0.6) is 0 Å². The Hall–Kier alpha value is -4.28. The van der Waals surface area contributed by atoms with Crippen LogP contribution in [0, 0.1) is 0 Å². The van der Waals surface area contributed by atoms with E-state index in [1.54, 1.807) is 48.5 Å². The van der Waals surface area contributed by atoms with Gasteiger partial charge in [0.2, 0.25) is 0 Å². The summed E-state index contributed by atoms with van der Waals surface area (Å²) < 4.78 is 75.9. The Labute approximate surface area is 271 Å². The Bertz CT molecular complexity index is 1580. The number of unbranched alkanes of at least 4 members (excludes halogenated alkanes) is 1. The zero-order valence-electron chi connectivity index (χ0n) is 26.3. The van der Waals surface area contributed by atoms with Crippen molar-refractivity contribution < 1.29 is 35.9 Å². The van der Waals surface area contributed by atoms with E-state index in [0.29, 0.717) is 46.2 Å². The summed E-state index contributed by atoms with van der Waals surface area (Å²) in [5.74, 6) is 0.0114. The lowest BCUT2D eigenvalue weighted by molar-refractivity contribution is -0.138. The van der Waals surface area contributed by atoms with Gasteiger partial charge in [0.25, 0.3) is 0 Å². The molecule has 0 aliphatic carbocycles. The minimum Gasteiger partial charge on any atom is -0.320 e. The van der Waals surface area contributed by atoms with Crippen molar-refractivity contribution in [2.45, 2.75) is 44.5 Å². The third-order valence-electron chi connectivity index (χ3n) is 7.41. The Balaban J connectivity index is 0.000000256. The number of hydrogen-bond donors (Lipinski definition) is 2. The van der Waals surface area contributed by atoms with Crippen LogP contribution in [0.15, 0.2) is 97.1 Å². The molecule has 250 valence electrons. The summed E-state index contributed by atoms with van der Waals surface area (Å²) in [4.78, 5) is 24.8. The number of carbonyl (C=O) groups excluding carboxylic acids is 2. The summed E-state index contributed by atoms with van der Waals surface area (Å²) in [5, 5.41) is 6.02. The number of carbonyl (C=O) groups is 2. The highest BCUT2D eigenvalue weighted by molar-refractivity contribution is 6.03. The molecule has 0 unspecified atom stereocenters. The monoisotopic (exact) mass is 656 g/mol. The fourth-order valence-corrected chi connectivity index (χ4v) is 4.92. The van der Waals surface area contributed by atoms with Crippen LogP contribution in [0.25, 0.3) is 22.3 Å². The van der Waals surface area contributed by atoms with Gasteiger partial charge in [-0.2, -0.15) is 26.3 Å². The average molecular weight is 657 g/mol. The Morgan fingerprint density at radius 3 is 1.26 bits per heavy atom. The standard InChI is InChI=1S/C19H20F3NO.C18H18F3NO/c1-23-13-5-4-8-18(24)17-7-3-2-6-16(17)14-9-11-15(12-10-14)19(20,21)22;1-22-12-4-7-17(23)16-6-3-2-5-15(16)13-8-10-14(11-9-13)18(19,20)21/h2-3,6-7,9-12,23H,4-5,8,13H2,1H3;2-3,5-6,8-11,22H,4,7,12H2,1H3. The molecule has 0 bridgehead atoms. The SMILES string of the molecule is CNCCCC(=O)c1ccccc1-c1ccc(C(F)(F)F)cc1.CNCCCCC(=O)c1ccccc1-c1ccc(C(F)(F)F)cc1. The molecule has 0 fully saturated rings. The largest absolute Gasteiger partial charge is 0.416 e. The fraction of sp³-hybridized carbons (Fsp3) is 0.297. The molecule has 2 N–H and O–H groups in total. The van der Waals surface area contributed by atoms with E-state index < -0.39 is 23.5 Å². The van der Waals surface area contributed by atoms with Gasteiger partial charge in [-0.1, -0.05) is 72.8 Å². The van der Waals surface area contributed by atoms with Gasteiger partial charge in [-0.25, -0.2) is 0 Å². The van der Waals surface area contributed by atoms with Gasteiger partial charge in [-0.3, -0.25) is 9.59 Å². The van der Waals surface area contributed by atoms with Gasteiger partial charge in [0, 0.05) is 24.0 Å². The van der Waals surface area contributed by atoms with E-state index in [2.05, 4.69) is 10.6 Å². The van der Waals surface area contributed by atoms with E-state index in [0.717, 1.165) is 56.6 Å². The first-order valence-electron chi connectivity index (χ1n) is 15.3. The van der Waals surface area contributed by atoms with Gasteiger partial charge in [0.15, 0.2) is 11.6 Å². The Morgan fingerprint density at radius 2 is 0.872 bits per heavy atom. The van der Waals surface area contributed by atoms with Crippen molar-refractivity contribution in [1.82, 2.24) is 10.6 Å². The first kappa shape index (κ1) is 37.2. The van der Waals surface area contributed by atoms with Crippen LogP contribution in [0.3, 0.4) is 0 Å². The van der Waals surface area contributed by atoms with Crippen molar-refractivity contribution in [2.75, 3.05) is 27.2 Å². The third kappa shape index (κ3) is 11.2. The van der Waals surface area contributed by atoms with E-state index in [1.807, 2.05) is 14.1 Å². The van der Waals surface area contributed by atoms with Gasteiger partial charge >= 0.3 is 12.4 Å². The molecule has 4 aromatic rings. The first-order valence-corrected chi connectivity index (χ1v) is 15.3. The highest BCUT2D eigenvalue weighted by Crippen LogP contribution is 2.33. The van der Waals surface area contributed by atoms with Crippen molar-refractivity contribution in [3.05, 3.63) is 119 Å². The normalized spacial score (nSPS) is 11.5. The molecule has 0 heterocycles. The van der Waals surface area contributed by atoms with Gasteiger partial charge in [-0.05, 0) is 93.0 Å². The molecule has 0 amide bonds.